The van der Waals surface area contributed by atoms with Crippen LogP contribution < -0.4 is 15.8 Å². The number of benzene rings is 3. The van der Waals surface area contributed by atoms with E-state index in [1.54, 1.807) is 36.4 Å². The predicted molar refractivity (Wildman–Crippen MR) is 137 cm³/mol. The van der Waals surface area contributed by atoms with E-state index in [2.05, 4.69) is 5.32 Å². The Hall–Kier alpha value is -3.33. The van der Waals surface area contributed by atoms with Crippen molar-refractivity contribution >= 4 is 54.9 Å². The molecule has 3 N–H and O–H groups in total. The molecule has 0 amide bonds. The van der Waals surface area contributed by atoms with Crippen LogP contribution in [0.25, 0.3) is 0 Å². The molecule has 3 aromatic carbocycles. The molecule has 1 aromatic heterocycles. The lowest BCUT2D eigenvalue weighted by Gasteiger charge is -2.12. The summed E-state index contributed by atoms with van der Waals surface area (Å²) in [5, 5.41) is 3.73. The molecule has 174 valence electrons. The van der Waals surface area contributed by atoms with Crippen molar-refractivity contribution < 1.29 is 17.9 Å². The molecule has 4 aromatic rings. The average Bonchev–Trinajstić information content (AvgIpc) is 3.16. The van der Waals surface area contributed by atoms with Gasteiger partial charge in [-0.15, -0.1) is 11.3 Å². The first-order valence-corrected chi connectivity index (χ1v) is 12.8. The van der Waals surface area contributed by atoms with Crippen LogP contribution in [-0.4, -0.2) is 21.3 Å². The lowest BCUT2D eigenvalue weighted by atomic mass is 10.1. The number of sulfone groups is 1. The molecule has 0 unspecified atom stereocenters. The topological polar surface area (TPSA) is 98.5 Å². The number of para-hydroxylation sites is 2. The maximum absolute atomic E-state index is 13.6. The summed E-state index contributed by atoms with van der Waals surface area (Å²) in [6, 6.07) is 19.9. The van der Waals surface area contributed by atoms with Crippen LogP contribution in [-0.2, 0) is 9.84 Å². The number of halogens is 1. The van der Waals surface area contributed by atoms with Crippen molar-refractivity contribution in [2.24, 2.45) is 0 Å². The van der Waals surface area contributed by atoms with Gasteiger partial charge in [0.1, 0.15) is 20.5 Å². The summed E-state index contributed by atoms with van der Waals surface area (Å²) in [7, 11) is -2.57. The SMILES string of the molecule is COc1ccccc1Nc1sc(C(=O)c2ccc(C)cc2)c(N)c1S(=O)(=O)c1ccc(Cl)cc1. The quantitative estimate of drug-likeness (QED) is 0.290. The zero-order valence-electron chi connectivity index (χ0n) is 18.3. The molecular formula is C25H21ClN2O4S2. The van der Waals surface area contributed by atoms with Crippen molar-refractivity contribution in [3.05, 3.63) is 93.8 Å². The number of aryl methyl sites for hydroxylation is 1. The molecule has 34 heavy (non-hydrogen) atoms. The maximum Gasteiger partial charge on any atom is 0.211 e. The van der Waals surface area contributed by atoms with E-state index in [-0.39, 0.29) is 31.1 Å². The molecule has 0 aliphatic carbocycles. The standard InChI is InChI=1S/C25H21ClN2O4S2/c1-15-7-9-16(10-8-15)22(29)23-21(27)24(34(30,31)18-13-11-17(26)12-14-18)25(33-23)28-19-5-3-4-6-20(19)32-2/h3-14,28H,27H2,1-2H3. The highest BCUT2D eigenvalue weighted by Gasteiger charge is 2.32. The van der Waals surface area contributed by atoms with Crippen molar-refractivity contribution in [2.45, 2.75) is 16.7 Å². The summed E-state index contributed by atoms with van der Waals surface area (Å²) in [5.74, 6) is 0.152. The van der Waals surface area contributed by atoms with Gasteiger partial charge < -0.3 is 15.8 Å². The molecular weight excluding hydrogens is 492 g/mol. The van der Waals surface area contributed by atoms with E-state index in [0.29, 0.717) is 22.0 Å². The first-order valence-electron chi connectivity index (χ1n) is 10.2. The number of ether oxygens (including phenoxy) is 1. The monoisotopic (exact) mass is 512 g/mol. The third-order valence-electron chi connectivity index (χ3n) is 5.17. The molecule has 0 spiro atoms. The van der Waals surface area contributed by atoms with Crippen molar-refractivity contribution in [1.82, 2.24) is 0 Å². The summed E-state index contributed by atoms with van der Waals surface area (Å²) in [6.07, 6.45) is 0. The third-order valence-corrected chi connectivity index (χ3v) is 8.52. The fraction of sp³-hybridized carbons (Fsp3) is 0.0800. The van der Waals surface area contributed by atoms with Gasteiger partial charge in [-0.05, 0) is 43.3 Å². The number of nitrogens with two attached hydrogens (primary N) is 1. The molecule has 0 atom stereocenters. The highest BCUT2D eigenvalue weighted by Crippen LogP contribution is 2.45. The Kier molecular flexibility index (Phi) is 6.65. The number of hydrogen-bond donors (Lipinski definition) is 2. The maximum atomic E-state index is 13.6. The van der Waals surface area contributed by atoms with Crippen molar-refractivity contribution in [1.29, 1.82) is 0 Å². The van der Waals surface area contributed by atoms with Crippen molar-refractivity contribution in [2.75, 3.05) is 18.2 Å². The third kappa shape index (κ3) is 4.52. The van der Waals surface area contributed by atoms with E-state index >= 15 is 0 Å². The van der Waals surface area contributed by atoms with E-state index < -0.39 is 9.84 Å². The van der Waals surface area contributed by atoms with Gasteiger partial charge in [-0.1, -0.05) is 53.6 Å². The average molecular weight is 513 g/mol. The minimum absolute atomic E-state index is 0.0128. The fourth-order valence-corrected chi connectivity index (χ4v) is 6.44. The van der Waals surface area contributed by atoms with E-state index in [1.807, 2.05) is 19.1 Å². The molecule has 0 fully saturated rings. The molecule has 0 aliphatic rings. The Morgan fingerprint density at radius 1 is 1.00 bits per heavy atom. The van der Waals surface area contributed by atoms with E-state index in [9.17, 15) is 13.2 Å². The Balaban J connectivity index is 1.90. The second kappa shape index (κ2) is 9.50. The second-order valence-corrected chi connectivity index (χ2v) is 10.8. The molecule has 0 aliphatic heterocycles. The van der Waals surface area contributed by atoms with Crippen molar-refractivity contribution in [3.8, 4) is 5.75 Å². The molecule has 9 heteroatoms. The minimum atomic E-state index is -4.09. The van der Waals surface area contributed by atoms with E-state index in [0.717, 1.165) is 16.9 Å². The van der Waals surface area contributed by atoms with Crippen molar-refractivity contribution in [3.63, 3.8) is 0 Å². The summed E-state index contributed by atoms with van der Waals surface area (Å²) in [5.41, 5.74) is 8.20. The van der Waals surface area contributed by atoms with E-state index in [1.165, 1.54) is 31.4 Å². The van der Waals surface area contributed by atoms with Crippen LogP contribution in [0.15, 0.2) is 82.6 Å². The van der Waals surface area contributed by atoms with Crippen LogP contribution in [0.4, 0.5) is 16.4 Å². The van der Waals surface area contributed by atoms with Gasteiger partial charge in [-0.25, -0.2) is 8.42 Å². The van der Waals surface area contributed by atoms with Crippen LogP contribution in [0.5, 0.6) is 5.75 Å². The zero-order chi connectivity index (χ0) is 24.5. The Morgan fingerprint density at radius 2 is 1.65 bits per heavy atom. The van der Waals surface area contributed by atoms with Gasteiger partial charge in [0.05, 0.1) is 23.4 Å². The minimum Gasteiger partial charge on any atom is -0.495 e. The number of nitrogens with one attached hydrogen (secondary N) is 1. The van der Waals surface area contributed by atoms with Crippen LogP contribution in [0.2, 0.25) is 5.02 Å². The smallest absolute Gasteiger partial charge is 0.211 e. The summed E-state index contributed by atoms with van der Waals surface area (Å²) in [6.45, 7) is 1.92. The Labute approximate surface area is 206 Å². The fourth-order valence-electron chi connectivity index (χ4n) is 3.38. The molecule has 0 radical (unpaired) electrons. The summed E-state index contributed by atoms with van der Waals surface area (Å²) in [4.78, 5) is 13.3. The number of carbonyl (C=O) groups excluding carboxylic acids is 1. The van der Waals surface area contributed by atoms with Crippen LogP contribution in [0.1, 0.15) is 20.8 Å². The van der Waals surface area contributed by atoms with Gasteiger partial charge in [0, 0.05) is 10.6 Å². The molecule has 0 saturated heterocycles. The number of methoxy groups -OCH3 is 1. The Bertz CT molecular complexity index is 1460. The number of rotatable bonds is 7. The second-order valence-electron chi connectivity index (χ2n) is 7.48. The number of hydrogen-bond acceptors (Lipinski definition) is 7. The number of nitrogen functional groups attached to an aromatic ring is 1. The van der Waals surface area contributed by atoms with Gasteiger partial charge in [0.2, 0.25) is 15.6 Å². The lowest BCUT2D eigenvalue weighted by Crippen LogP contribution is -2.08. The number of ketones is 1. The number of thiophene rings is 1. The molecule has 1 heterocycles. The first kappa shape index (κ1) is 23.8. The molecule has 0 saturated carbocycles. The zero-order valence-corrected chi connectivity index (χ0v) is 20.7. The number of carbonyl (C=O) groups is 1. The van der Waals surface area contributed by atoms with Crippen LogP contribution in [0, 0.1) is 6.92 Å². The van der Waals surface area contributed by atoms with Gasteiger partial charge >= 0.3 is 0 Å². The number of anilines is 3. The van der Waals surface area contributed by atoms with E-state index in [4.69, 9.17) is 22.1 Å². The highest BCUT2D eigenvalue weighted by atomic mass is 35.5. The summed E-state index contributed by atoms with van der Waals surface area (Å²) >= 11 is 6.93. The van der Waals surface area contributed by atoms with Crippen LogP contribution in [0.3, 0.4) is 0 Å². The largest absolute Gasteiger partial charge is 0.495 e. The highest BCUT2D eigenvalue weighted by molar-refractivity contribution is 7.92. The van der Waals surface area contributed by atoms with Gasteiger partial charge in [-0.3, -0.25) is 4.79 Å². The lowest BCUT2D eigenvalue weighted by molar-refractivity contribution is 0.104. The van der Waals surface area contributed by atoms with Gasteiger partial charge in [0.25, 0.3) is 0 Å². The van der Waals surface area contributed by atoms with Crippen LogP contribution >= 0.6 is 22.9 Å². The predicted octanol–water partition coefficient (Wildman–Crippen LogP) is 6.11. The summed E-state index contributed by atoms with van der Waals surface area (Å²) < 4.78 is 32.7. The Morgan fingerprint density at radius 3 is 2.29 bits per heavy atom. The molecule has 4 rings (SSSR count). The normalized spacial score (nSPS) is 11.3. The van der Waals surface area contributed by atoms with Gasteiger partial charge in [-0.2, -0.15) is 0 Å². The molecule has 6 nitrogen and oxygen atoms in total. The van der Waals surface area contributed by atoms with Gasteiger partial charge in [0.15, 0.2) is 0 Å². The molecule has 0 bridgehead atoms. The first-order chi connectivity index (χ1) is 16.2.